The lowest BCUT2D eigenvalue weighted by Crippen LogP contribution is -2.38. The van der Waals surface area contributed by atoms with Crippen LogP contribution in [-0.2, 0) is 9.53 Å². The predicted molar refractivity (Wildman–Crippen MR) is 94.9 cm³/mol. The highest BCUT2D eigenvalue weighted by Gasteiger charge is 2.25. The van der Waals surface area contributed by atoms with E-state index in [9.17, 15) is 9.59 Å². The van der Waals surface area contributed by atoms with Gasteiger partial charge in [0.25, 0.3) is 11.1 Å². The van der Waals surface area contributed by atoms with Crippen LogP contribution in [-0.4, -0.2) is 62.6 Å². The van der Waals surface area contributed by atoms with Crippen molar-refractivity contribution in [3.05, 3.63) is 28.7 Å². The Bertz CT molecular complexity index is 686. The second-order valence-corrected chi connectivity index (χ2v) is 6.57. The third-order valence-electron chi connectivity index (χ3n) is 3.91. The number of thioether (sulfide) groups is 1. The number of methoxy groups -OCH3 is 1. The molecule has 1 aromatic rings. The van der Waals surface area contributed by atoms with Crippen LogP contribution in [0.15, 0.2) is 23.1 Å². The fourth-order valence-electron chi connectivity index (χ4n) is 2.57. The van der Waals surface area contributed by atoms with Gasteiger partial charge in [0.1, 0.15) is 18.1 Å². The highest BCUT2D eigenvalue weighted by atomic mass is 32.2. The average Bonchev–Trinajstić information content (AvgIpc) is 2.94. The third kappa shape index (κ3) is 4.75. The van der Waals surface area contributed by atoms with Crippen molar-refractivity contribution in [3.8, 4) is 11.5 Å². The van der Waals surface area contributed by atoms with E-state index in [-0.39, 0.29) is 5.24 Å². The van der Waals surface area contributed by atoms with Gasteiger partial charge in [0.2, 0.25) is 0 Å². The van der Waals surface area contributed by atoms with E-state index in [1.165, 1.54) is 0 Å². The standard InChI is InChI=1S/C17H20N2O5S/c1-22-13-2-3-14(24-9-6-19-4-7-23-8-5-19)12(10-13)11-15-16(20)18-17(21)25-15/h2-3,10-11H,4-9H2,1H3,(H,18,20,21)/b15-11-. The van der Waals surface area contributed by atoms with E-state index in [4.69, 9.17) is 14.2 Å². The molecule has 8 heteroatoms. The van der Waals surface area contributed by atoms with Gasteiger partial charge in [0, 0.05) is 25.2 Å². The molecule has 0 aliphatic carbocycles. The number of morpholine rings is 1. The highest BCUT2D eigenvalue weighted by Crippen LogP contribution is 2.31. The first-order valence-corrected chi connectivity index (χ1v) is 8.83. The Hall–Kier alpha value is -2.03. The molecule has 2 amide bonds. The second-order valence-electron chi connectivity index (χ2n) is 5.56. The number of rotatable bonds is 6. The molecular formula is C17H20N2O5S. The summed E-state index contributed by atoms with van der Waals surface area (Å²) in [7, 11) is 1.58. The van der Waals surface area contributed by atoms with Crippen molar-refractivity contribution in [1.29, 1.82) is 0 Å². The molecule has 2 aliphatic rings. The Kier molecular flexibility index (Phi) is 5.95. The van der Waals surface area contributed by atoms with Crippen molar-refractivity contribution in [3.63, 3.8) is 0 Å². The topological polar surface area (TPSA) is 77.1 Å². The maximum absolute atomic E-state index is 11.8. The Morgan fingerprint density at radius 2 is 2.12 bits per heavy atom. The van der Waals surface area contributed by atoms with Gasteiger partial charge in [-0.3, -0.25) is 19.8 Å². The van der Waals surface area contributed by atoms with Gasteiger partial charge in [-0.15, -0.1) is 0 Å². The largest absolute Gasteiger partial charge is 0.497 e. The van der Waals surface area contributed by atoms with Gasteiger partial charge in [0.15, 0.2) is 0 Å². The van der Waals surface area contributed by atoms with E-state index in [0.717, 1.165) is 44.6 Å². The summed E-state index contributed by atoms with van der Waals surface area (Å²) in [6, 6.07) is 5.40. The summed E-state index contributed by atoms with van der Waals surface area (Å²) >= 11 is 0.880. The molecule has 0 saturated carbocycles. The normalized spacial score (nSPS) is 20.0. The first-order valence-electron chi connectivity index (χ1n) is 8.01. The van der Waals surface area contributed by atoms with E-state index in [0.29, 0.717) is 28.6 Å². The molecule has 1 aromatic carbocycles. The molecule has 25 heavy (non-hydrogen) atoms. The quantitative estimate of drug-likeness (QED) is 0.770. The van der Waals surface area contributed by atoms with Crippen LogP contribution in [0, 0.1) is 0 Å². The number of nitrogens with zero attached hydrogens (tertiary/aromatic N) is 1. The second kappa shape index (κ2) is 8.37. The number of imide groups is 1. The van der Waals surface area contributed by atoms with Gasteiger partial charge in [-0.05, 0) is 36.0 Å². The number of amides is 2. The van der Waals surface area contributed by atoms with Crippen LogP contribution in [0.5, 0.6) is 11.5 Å². The van der Waals surface area contributed by atoms with Crippen LogP contribution in [0.25, 0.3) is 6.08 Å². The summed E-state index contributed by atoms with van der Waals surface area (Å²) in [5.74, 6) is 0.911. The number of carbonyl (C=O) groups is 2. The molecule has 7 nitrogen and oxygen atoms in total. The zero-order valence-electron chi connectivity index (χ0n) is 13.9. The van der Waals surface area contributed by atoms with Gasteiger partial charge >= 0.3 is 0 Å². The summed E-state index contributed by atoms with van der Waals surface area (Å²) in [4.78, 5) is 25.7. The molecule has 0 radical (unpaired) electrons. The number of hydrogen-bond acceptors (Lipinski definition) is 7. The summed E-state index contributed by atoms with van der Waals surface area (Å²) in [5.41, 5.74) is 0.702. The first kappa shape index (κ1) is 17.8. The van der Waals surface area contributed by atoms with Crippen LogP contribution in [0.3, 0.4) is 0 Å². The molecule has 0 atom stereocenters. The predicted octanol–water partition coefficient (Wildman–Crippen LogP) is 1.73. The molecule has 3 rings (SSSR count). The molecule has 2 saturated heterocycles. The van der Waals surface area contributed by atoms with Crippen LogP contribution in [0.2, 0.25) is 0 Å². The number of carbonyl (C=O) groups excluding carboxylic acids is 2. The van der Waals surface area contributed by atoms with Gasteiger partial charge < -0.3 is 14.2 Å². The number of ether oxygens (including phenoxy) is 3. The van der Waals surface area contributed by atoms with E-state index in [1.54, 1.807) is 25.3 Å². The van der Waals surface area contributed by atoms with E-state index < -0.39 is 5.91 Å². The van der Waals surface area contributed by atoms with Gasteiger partial charge in [-0.1, -0.05) is 0 Å². The lowest BCUT2D eigenvalue weighted by molar-refractivity contribution is -0.115. The minimum absolute atomic E-state index is 0.344. The lowest BCUT2D eigenvalue weighted by atomic mass is 10.1. The van der Waals surface area contributed by atoms with Crippen molar-refractivity contribution in [2.75, 3.05) is 46.6 Å². The molecule has 2 heterocycles. The summed E-state index contributed by atoms with van der Waals surface area (Å²) in [5, 5.41) is 1.88. The van der Waals surface area contributed by atoms with Crippen LogP contribution < -0.4 is 14.8 Å². The molecule has 2 aliphatic heterocycles. The molecule has 2 fully saturated rings. The molecule has 0 spiro atoms. The van der Waals surface area contributed by atoms with E-state index in [2.05, 4.69) is 10.2 Å². The minimum Gasteiger partial charge on any atom is -0.497 e. The Morgan fingerprint density at radius 1 is 1.32 bits per heavy atom. The molecule has 0 aromatic heterocycles. The van der Waals surface area contributed by atoms with Crippen molar-refractivity contribution in [2.24, 2.45) is 0 Å². The Morgan fingerprint density at radius 3 is 2.80 bits per heavy atom. The fraction of sp³-hybridized carbons (Fsp3) is 0.412. The number of nitrogens with one attached hydrogen (secondary N) is 1. The molecule has 134 valence electrons. The van der Waals surface area contributed by atoms with Crippen molar-refractivity contribution in [2.45, 2.75) is 0 Å². The summed E-state index contributed by atoms with van der Waals surface area (Å²) in [6.07, 6.45) is 1.65. The average molecular weight is 364 g/mol. The Balaban J connectivity index is 1.70. The Labute approximate surface area is 150 Å². The SMILES string of the molecule is COc1ccc(OCCN2CCOCC2)c(/C=C2\SC(=O)NC2=O)c1. The zero-order valence-corrected chi connectivity index (χ0v) is 14.8. The first-order chi connectivity index (χ1) is 12.2. The maximum atomic E-state index is 11.8. The zero-order chi connectivity index (χ0) is 17.6. The van der Waals surface area contributed by atoms with E-state index in [1.807, 2.05) is 6.07 Å². The molecule has 1 N–H and O–H groups in total. The van der Waals surface area contributed by atoms with Crippen molar-refractivity contribution >= 4 is 29.0 Å². The third-order valence-corrected chi connectivity index (χ3v) is 4.72. The van der Waals surface area contributed by atoms with Crippen LogP contribution >= 0.6 is 11.8 Å². The van der Waals surface area contributed by atoms with Crippen molar-refractivity contribution < 1.29 is 23.8 Å². The smallest absolute Gasteiger partial charge is 0.290 e. The molecule has 0 bridgehead atoms. The molecular weight excluding hydrogens is 344 g/mol. The summed E-state index contributed by atoms with van der Waals surface area (Å²) < 4.78 is 16.5. The molecule has 0 unspecified atom stereocenters. The van der Waals surface area contributed by atoms with Crippen molar-refractivity contribution in [1.82, 2.24) is 10.2 Å². The van der Waals surface area contributed by atoms with Gasteiger partial charge in [-0.2, -0.15) is 0 Å². The maximum Gasteiger partial charge on any atom is 0.290 e. The summed E-state index contributed by atoms with van der Waals surface area (Å²) in [6.45, 7) is 4.64. The fourth-order valence-corrected chi connectivity index (χ4v) is 3.24. The van der Waals surface area contributed by atoms with E-state index >= 15 is 0 Å². The number of benzene rings is 1. The van der Waals surface area contributed by atoms with Crippen LogP contribution in [0.1, 0.15) is 5.56 Å². The lowest BCUT2D eigenvalue weighted by Gasteiger charge is -2.26. The number of hydrogen-bond donors (Lipinski definition) is 1. The minimum atomic E-state index is -0.392. The highest BCUT2D eigenvalue weighted by molar-refractivity contribution is 8.18. The van der Waals surface area contributed by atoms with Crippen LogP contribution in [0.4, 0.5) is 4.79 Å². The van der Waals surface area contributed by atoms with Gasteiger partial charge in [-0.25, -0.2) is 0 Å². The monoisotopic (exact) mass is 364 g/mol. The van der Waals surface area contributed by atoms with Gasteiger partial charge in [0.05, 0.1) is 25.2 Å².